The predicted octanol–water partition coefficient (Wildman–Crippen LogP) is 2.68. The SMILES string of the molecule is CCC(C)C(=O)COc1ccccc1. The van der Waals surface area contributed by atoms with Crippen LogP contribution in [0.1, 0.15) is 20.3 Å². The van der Waals surface area contributed by atoms with Gasteiger partial charge >= 0.3 is 0 Å². The first-order valence-corrected chi connectivity index (χ1v) is 4.94. The van der Waals surface area contributed by atoms with Crippen LogP contribution in [0.25, 0.3) is 0 Å². The topological polar surface area (TPSA) is 26.3 Å². The molecule has 0 aliphatic rings. The molecule has 0 N–H and O–H groups in total. The summed E-state index contributed by atoms with van der Waals surface area (Å²) in [6.45, 7) is 4.11. The Bertz CT molecular complexity index is 280. The summed E-state index contributed by atoms with van der Waals surface area (Å²) in [6.07, 6.45) is 0.872. The summed E-state index contributed by atoms with van der Waals surface area (Å²) in [5, 5.41) is 0. The molecule has 14 heavy (non-hydrogen) atoms. The molecule has 1 unspecified atom stereocenters. The van der Waals surface area contributed by atoms with E-state index < -0.39 is 0 Å². The van der Waals surface area contributed by atoms with Crippen LogP contribution in [-0.2, 0) is 4.79 Å². The molecule has 0 aromatic heterocycles. The molecule has 0 bridgehead atoms. The van der Waals surface area contributed by atoms with Crippen molar-refractivity contribution in [3.05, 3.63) is 30.3 Å². The predicted molar refractivity (Wildman–Crippen MR) is 56.4 cm³/mol. The normalized spacial score (nSPS) is 12.1. The molecule has 2 heteroatoms. The second-order valence-electron chi connectivity index (χ2n) is 3.38. The zero-order valence-electron chi connectivity index (χ0n) is 8.69. The van der Waals surface area contributed by atoms with Gasteiger partial charge in [0.05, 0.1) is 0 Å². The summed E-state index contributed by atoms with van der Waals surface area (Å²) < 4.78 is 5.34. The first kappa shape index (κ1) is 10.8. The third-order valence-corrected chi connectivity index (χ3v) is 2.29. The van der Waals surface area contributed by atoms with Crippen molar-refractivity contribution < 1.29 is 9.53 Å². The van der Waals surface area contributed by atoms with Crippen molar-refractivity contribution in [2.45, 2.75) is 20.3 Å². The lowest BCUT2D eigenvalue weighted by molar-refractivity contribution is -0.124. The van der Waals surface area contributed by atoms with E-state index in [-0.39, 0.29) is 18.3 Å². The highest BCUT2D eigenvalue weighted by Crippen LogP contribution is 2.09. The minimum atomic E-state index is 0.0960. The van der Waals surface area contributed by atoms with Crippen LogP contribution in [0, 0.1) is 5.92 Å². The second-order valence-corrected chi connectivity index (χ2v) is 3.38. The molecular formula is C12H16O2. The van der Waals surface area contributed by atoms with E-state index >= 15 is 0 Å². The van der Waals surface area contributed by atoms with Gasteiger partial charge in [-0.25, -0.2) is 0 Å². The van der Waals surface area contributed by atoms with Gasteiger partial charge in [0.1, 0.15) is 12.4 Å². The minimum Gasteiger partial charge on any atom is -0.486 e. The maximum atomic E-state index is 11.4. The number of carbonyl (C=O) groups excluding carboxylic acids is 1. The van der Waals surface area contributed by atoms with Gasteiger partial charge < -0.3 is 4.74 Å². The van der Waals surface area contributed by atoms with E-state index in [4.69, 9.17) is 4.74 Å². The van der Waals surface area contributed by atoms with E-state index in [0.717, 1.165) is 12.2 Å². The minimum absolute atomic E-state index is 0.0960. The Labute approximate surface area is 84.9 Å². The molecule has 0 amide bonds. The third kappa shape index (κ3) is 3.21. The molecule has 0 saturated carbocycles. The molecule has 1 rings (SSSR count). The zero-order chi connectivity index (χ0) is 10.4. The number of hydrogen-bond acceptors (Lipinski definition) is 2. The summed E-state index contributed by atoms with van der Waals surface area (Å²) in [6, 6.07) is 9.41. The fourth-order valence-corrected chi connectivity index (χ4v) is 1.04. The standard InChI is InChI=1S/C12H16O2/c1-3-10(2)12(13)9-14-11-7-5-4-6-8-11/h4-8,10H,3,9H2,1-2H3. The highest BCUT2D eigenvalue weighted by atomic mass is 16.5. The average molecular weight is 192 g/mol. The van der Waals surface area contributed by atoms with E-state index in [1.54, 1.807) is 0 Å². The van der Waals surface area contributed by atoms with Gasteiger partial charge in [0.15, 0.2) is 5.78 Å². The Morgan fingerprint density at radius 3 is 2.57 bits per heavy atom. The van der Waals surface area contributed by atoms with Gasteiger partial charge in [0.25, 0.3) is 0 Å². The van der Waals surface area contributed by atoms with Crippen molar-refractivity contribution in [3.63, 3.8) is 0 Å². The molecule has 0 saturated heterocycles. The van der Waals surface area contributed by atoms with E-state index in [9.17, 15) is 4.79 Å². The van der Waals surface area contributed by atoms with E-state index in [1.165, 1.54) is 0 Å². The van der Waals surface area contributed by atoms with Crippen LogP contribution in [0.3, 0.4) is 0 Å². The number of ketones is 1. The molecule has 2 nitrogen and oxygen atoms in total. The summed E-state index contributed by atoms with van der Waals surface area (Å²) in [4.78, 5) is 11.4. The smallest absolute Gasteiger partial charge is 0.172 e. The molecule has 0 heterocycles. The van der Waals surface area contributed by atoms with Gasteiger partial charge in [-0.2, -0.15) is 0 Å². The zero-order valence-corrected chi connectivity index (χ0v) is 8.69. The van der Waals surface area contributed by atoms with Gasteiger partial charge in [-0.05, 0) is 18.6 Å². The Morgan fingerprint density at radius 2 is 2.00 bits per heavy atom. The lowest BCUT2D eigenvalue weighted by Crippen LogP contribution is -2.18. The maximum absolute atomic E-state index is 11.4. The van der Waals surface area contributed by atoms with Crippen molar-refractivity contribution in [3.8, 4) is 5.75 Å². The highest BCUT2D eigenvalue weighted by molar-refractivity contribution is 5.82. The molecule has 76 valence electrons. The van der Waals surface area contributed by atoms with Crippen LogP contribution in [0.2, 0.25) is 0 Å². The summed E-state index contributed by atoms with van der Waals surface area (Å²) in [5.41, 5.74) is 0. The monoisotopic (exact) mass is 192 g/mol. The van der Waals surface area contributed by atoms with E-state index in [1.807, 2.05) is 44.2 Å². The number of benzene rings is 1. The molecule has 0 aliphatic carbocycles. The van der Waals surface area contributed by atoms with Crippen LogP contribution in [0.4, 0.5) is 0 Å². The number of carbonyl (C=O) groups is 1. The fourth-order valence-electron chi connectivity index (χ4n) is 1.04. The van der Waals surface area contributed by atoms with Crippen molar-refractivity contribution in [2.75, 3.05) is 6.61 Å². The number of para-hydroxylation sites is 1. The van der Waals surface area contributed by atoms with Gasteiger partial charge in [-0.3, -0.25) is 4.79 Å². The van der Waals surface area contributed by atoms with Crippen molar-refractivity contribution in [1.82, 2.24) is 0 Å². The first-order valence-electron chi connectivity index (χ1n) is 4.94. The lowest BCUT2D eigenvalue weighted by atomic mass is 10.1. The molecule has 0 fully saturated rings. The number of Topliss-reactive ketones (excluding diaryl/α,β-unsaturated/α-hetero) is 1. The Balaban J connectivity index is 2.38. The highest BCUT2D eigenvalue weighted by Gasteiger charge is 2.10. The maximum Gasteiger partial charge on any atom is 0.172 e. The Morgan fingerprint density at radius 1 is 1.36 bits per heavy atom. The quantitative estimate of drug-likeness (QED) is 0.717. The molecule has 0 spiro atoms. The third-order valence-electron chi connectivity index (χ3n) is 2.29. The lowest BCUT2D eigenvalue weighted by Gasteiger charge is -2.08. The van der Waals surface area contributed by atoms with Gasteiger partial charge in [0, 0.05) is 5.92 Å². The summed E-state index contributed by atoms with van der Waals surface area (Å²) >= 11 is 0. The van der Waals surface area contributed by atoms with Gasteiger partial charge in [-0.15, -0.1) is 0 Å². The van der Waals surface area contributed by atoms with Crippen molar-refractivity contribution in [1.29, 1.82) is 0 Å². The summed E-state index contributed by atoms with van der Waals surface area (Å²) in [7, 11) is 0. The van der Waals surface area contributed by atoms with Crippen molar-refractivity contribution in [2.24, 2.45) is 5.92 Å². The number of hydrogen-bond donors (Lipinski definition) is 0. The fraction of sp³-hybridized carbons (Fsp3) is 0.417. The van der Waals surface area contributed by atoms with Crippen molar-refractivity contribution >= 4 is 5.78 Å². The molecule has 0 radical (unpaired) electrons. The van der Waals surface area contributed by atoms with E-state index in [0.29, 0.717) is 0 Å². The summed E-state index contributed by atoms with van der Waals surface area (Å²) in [5.74, 6) is 1.01. The molecule has 1 aromatic carbocycles. The van der Waals surface area contributed by atoms with Crippen LogP contribution >= 0.6 is 0 Å². The molecule has 0 aliphatic heterocycles. The Kier molecular flexibility index (Phi) is 4.17. The van der Waals surface area contributed by atoms with Gasteiger partial charge in [-0.1, -0.05) is 32.0 Å². The molecule has 1 atom stereocenters. The van der Waals surface area contributed by atoms with E-state index in [2.05, 4.69) is 0 Å². The Hall–Kier alpha value is -1.31. The number of rotatable bonds is 5. The number of ether oxygens (including phenoxy) is 1. The second kappa shape index (κ2) is 5.43. The van der Waals surface area contributed by atoms with Crippen LogP contribution < -0.4 is 4.74 Å². The van der Waals surface area contributed by atoms with Crippen LogP contribution in [-0.4, -0.2) is 12.4 Å². The van der Waals surface area contributed by atoms with Crippen LogP contribution in [0.5, 0.6) is 5.75 Å². The molecule has 1 aromatic rings. The van der Waals surface area contributed by atoms with Gasteiger partial charge in [0.2, 0.25) is 0 Å². The largest absolute Gasteiger partial charge is 0.486 e. The molecular weight excluding hydrogens is 176 g/mol. The van der Waals surface area contributed by atoms with Crippen LogP contribution in [0.15, 0.2) is 30.3 Å². The first-order chi connectivity index (χ1) is 6.74. The average Bonchev–Trinajstić information content (AvgIpc) is 2.26.